The minimum absolute atomic E-state index is 0.0356. The summed E-state index contributed by atoms with van der Waals surface area (Å²) >= 11 is 1.45. The number of carbonyl (C=O) groups is 1. The van der Waals surface area contributed by atoms with Gasteiger partial charge < -0.3 is 5.32 Å². The van der Waals surface area contributed by atoms with Crippen LogP contribution in [0.5, 0.6) is 0 Å². The molecule has 0 saturated heterocycles. The molecule has 1 N–H and O–H groups in total. The highest BCUT2D eigenvalue weighted by Gasteiger charge is 2.15. The summed E-state index contributed by atoms with van der Waals surface area (Å²) in [6.45, 7) is 4.17. The van der Waals surface area contributed by atoms with Crippen molar-refractivity contribution >= 4 is 45.3 Å². The first-order valence-corrected chi connectivity index (χ1v) is 10.2. The third-order valence-electron chi connectivity index (χ3n) is 4.57. The van der Waals surface area contributed by atoms with Crippen LogP contribution in [-0.2, 0) is 4.79 Å². The lowest BCUT2D eigenvalue weighted by Crippen LogP contribution is -2.33. The highest BCUT2D eigenvalue weighted by molar-refractivity contribution is 7.99. The maximum absolute atomic E-state index is 12.3. The molecule has 5 nitrogen and oxygen atoms in total. The lowest BCUT2D eigenvalue weighted by atomic mass is 10.2. The molecule has 2 aromatic carbocycles. The van der Waals surface area contributed by atoms with Crippen LogP contribution in [0.25, 0.3) is 27.6 Å². The fourth-order valence-corrected chi connectivity index (χ4v) is 4.18. The molecule has 0 aliphatic heterocycles. The van der Waals surface area contributed by atoms with Crippen LogP contribution in [0.15, 0.2) is 53.7 Å². The maximum Gasteiger partial charge on any atom is 0.230 e. The van der Waals surface area contributed by atoms with E-state index in [0.717, 1.165) is 45.6 Å². The van der Waals surface area contributed by atoms with Gasteiger partial charge in [-0.25, -0.2) is 9.97 Å². The summed E-state index contributed by atoms with van der Waals surface area (Å²) in [5.41, 5.74) is 3.71. The topological polar surface area (TPSA) is 59.3 Å². The number of rotatable bonds is 6. The number of thioether (sulfide) groups is 1. The SMILES string of the molecule is CCCC(C)NC(=O)CSc1nc2ccccc2c2nc3ccccc3n12. The van der Waals surface area contributed by atoms with Crippen molar-refractivity contribution in [3.8, 4) is 0 Å². The van der Waals surface area contributed by atoms with E-state index in [1.165, 1.54) is 11.8 Å². The molecule has 6 heteroatoms. The van der Waals surface area contributed by atoms with Crippen LogP contribution < -0.4 is 5.32 Å². The number of nitrogens with one attached hydrogen (secondary N) is 1. The number of benzene rings is 2. The number of hydrogen-bond donors (Lipinski definition) is 1. The molecule has 0 bridgehead atoms. The van der Waals surface area contributed by atoms with Crippen molar-refractivity contribution < 1.29 is 4.79 Å². The van der Waals surface area contributed by atoms with E-state index in [0.29, 0.717) is 5.75 Å². The third-order valence-corrected chi connectivity index (χ3v) is 5.51. The van der Waals surface area contributed by atoms with E-state index in [1.807, 2.05) is 55.5 Å². The number of fused-ring (bicyclic) bond motifs is 5. The molecule has 0 aliphatic rings. The van der Waals surface area contributed by atoms with Gasteiger partial charge in [-0.05, 0) is 37.6 Å². The van der Waals surface area contributed by atoms with Gasteiger partial charge in [0, 0.05) is 11.4 Å². The van der Waals surface area contributed by atoms with E-state index in [9.17, 15) is 4.79 Å². The highest BCUT2D eigenvalue weighted by atomic mass is 32.2. The van der Waals surface area contributed by atoms with Crippen LogP contribution in [0.2, 0.25) is 0 Å². The van der Waals surface area contributed by atoms with Crippen LogP contribution >= 0.6 is 11.8 Å². The van der Waals surface area contributed by atoms with Gasteiger partial charge in [0.1, 0.15) is 5.65 Å². The Morgan fingerprint density at radius 3 is 2.67 bits per heavy atom. The Kier molecular flexibility index (Phi) is 4.99. The van der Waals surface area contributed by atoms with Crippen LogP contribution in [0, 0.1) is 0 Å². The van der Waals surface area contributed by atoms with Gasteiger partial charge in [-0.3, -0.25) is 9.20 Å². The molecule has 2 heterocycles. The third kappa shape index (κ3) is 3.49. The van der Waals surface area contributed by atoms with Crippen molar-refractivity contribution in [2.75, 3.05) is 5.75 Å². The summed E-state index contributed by atoms with van der Waals surface area (Å²) in [6.07, 6.45) is 2.05. The van der Waals surface area contributed by atoms with Crippen LogP contribution in [0.3, 0.4) is 0 Å². The predicted octanol–water partition coefficient (Wildman–Crippen LogP) is 4.43. The number of aromatic nitrogens is 3. The second-order valence-electron chi connectivity index (χ2n) is 6.72. The zero-order valence-electron chi connectivity index (χ0n) is 15.5. The molecule has 0 radical (unpaired) electrons. The molecule has 1 atom stereocenters. The Hall–Kier alpha value is -2.60. The minimum atomic E-state index is 0.0356. The van der Waals surface area contributed by atoms with Gasteiger partial charge in [-0.15, -0.1) is 0 Å². The quantitative estimate of drug-likeness (QED) is 0.398. The highest BCUT2D eigenvalue weighted by Crippen LogP contribution is 2.28. The van der Waals surface area contributed by atoms with Gasteiger partial charge in [-0.2, -0.15) is 0 Å². The number of nitrogens with zero attached hydrogens (tertiary/aromatic N) is 3. The van der Waals surface area contributed by atoms with Crippen molar-refractivity contribution in [3.05, 3.63) is 48.5 Å². The first kappa shape index (κ1) is 17.8. The van der Waals surface area contributed by atoms with Crippen molar-refractivity contribution in [1.29, 1.82) is 0 Å². The van der Waals surface area contributed by atoms with Crippen LogP contribution in [0.1, 0.15) is 26.7 Å². The molecule has 0 saturated carbocycles. The van der Waals surface area contributed by atoms with E-state index in [-0.39, 0.29) is 11.9 Å². The predicted molar refractivity (Wildman–Crippen MR) is 111 cm³/mol. The number of hydrogen-bond acceptors (Lipinski definition) is 4. The zero-order valence-corrected chi connectivity index (χ0v) is 16.3. The largest absolute Gasteiger partial charge is 0.353 e. The molecule has 1 amide bonds. The van der Waals surface area contributed by atoms with Gasteiger partial charge >= 0.3 is 0 Å². The van der Waals surface area contributed by atoms with Crippen molar-refractivity contribution in [2.45, 2.75) is 37.9 Å². The van der Waals surface area contributed by atoms with E-state index in [2.05, 4.69) is 16.6 Å². The molecule has 4 rings (SSSR count). The van der Waals surface area contributed by atoms with Gasteiger partial charge in [0.2, 0.25) is 5.91 Å². The van der Waals surface area contributed by atoms with Gasteiger partial charge in [0.25, 0.3) is 0 Å². The summed E-state index contributed by atoms with van der Waals surface area (Å²) in [5, 5.41) is 4.86. The number of para-hydroxylation sites is 3. The number of imidazole rings is 1. The van der Waals surface area contributed by atoms with Gasteiger partial charge in [0.15, 0.2) is 5.16 Å². The zero-order chi connectivity index (χ0) is 18.8. The summed E-state index contributed by atoms with van der Waals surface area (Å²) in [5.74, 6) is 0.370. The Balaban J connectivity index is 1.73. The summed E-state index contributed by atoms with van der Waals surface area (Å²) < 4.78 is 2.06. The molecule has 138 valence electrons. The summed E-state index contributed by atoms with van der Waals surface area (Å²) in [6, 6.07) is 16.2. The van der Waals surface area contributed by atoms with E-state index in [4.69, 9.17) is 9.97 Å². The first-order valence-electron chi connectivity index (χ1n) is 9.25. The Bertz CT molecular complexity index is 1120. The Morgan fingerprint density at radius 1 is 1.11 bits per heavy atom. The summed E-state index contributed by atoms with van der Waals surface area (Å²) in [4.78, 5) is 22.0. The fraction of sp³-hybridized carbons (Fsp3) is 0.286. The number of amides is 1. The molecule has 2 aromatic heterocycles. The summed E-state index contributed by atoms with van der Waals surface area (Å²) in [7, 11) is 0. The molecule has 27 heavy (non-hydrogen) atoms. The van der Waals surface area contributed by atoms with Crippen LogP contribution in [-0.4, -0.2) is 32.1 Å². The molecule has 0 fully saturated rings. The smallest absolute Gasteiger partial charge is 0.230 e. The average Bonchev–Trinajstić information content (AvgIpc) is 3.06. The second-order valence-corrected chi connectivity index (χ2v) is 7.66. The van der Waals surface area contributed by atoms with Crippen molar-refractivity contribution in [2.24, 2.45) is 0 Å². The monoisotopic (exact) mass is 378 g/mol. The Morgan fingerprint density at radius 2 is 1.85 bits per heavy atom. The fourth-order valence-electron chi connectivity index (χ4n) is 3.36. The minimum Gasteiger partial charge on any atom is -0.353 e. The molecule has 1 unspecified atom stereocenters. The second kappa shape index (κ2) is 7.56. The van der Waals surface area contributed by atoms with Crippen LogP contribution in [0.4, 0.5) is 0 Å². The molecular weight excluding hydrogens is 356 g/mol. The lowest BCUT2D eigenvalue weighted by molar-refractivity contribution is -0.119. The number of carbonyl (C=O) groups excluding carboxylic acids is 1. The molecule has 4 aromatic rings. The van der Waals surface area contributed by atoms with E-state index < -0.39 is 0 Å². The normalized spacial score (nSPS) is 12.7. The van der Waals surface area contributed by atoms with E-state index >= 15 is 0 Å². The van der Waals surface area contributed by atoms with Crippen molar-refractivity contribution in [1.82, 2.24) is 19.7 Å². The average molecular weight is 379 g/mol. The Labute approximate surface area is 162 Å². The molecule has 0 spiro atoms. The maximum atomic E-state index is 12.3. The lowest BCUT2D eigenvalue weighted by Gasteiger charge is -2.13. The van der Waals surface area contributed by atoms with Crippen molar-refractivity contribution in [3.63, 3.8) is 0 Å². The van der Waals surface area contributed by atoms with Gasteiger partial charge in [-0.1, -0.05) is 49.4 Å². The van der Waals surface area contributed by atoms with Gasteiger partial charge in [0.05, 0.1) is 22.3 Å². The van der Waals surface area contributed by atoms with E-state index in [1.54, 1.807) is 0 Å². The molecular formula is C21H22N4OS. The first-order chi connectivity index (χ1) is 13.2. The standard InChI is InChI=1S/C21H22N4OS/c1-3-8-14(2)22-19(26)13-27-21-24-16-10-5-4-9-15(16)20-23-17-11-6-7-12-18(17)25(20)21/h4-7,9-12,14H,3,8,13H2,1-2H3,(H,22,26). The molecule has 0 aliphatic carbocycles.